The minimum Gasteiger partial charge on any atom is -0.487 e. The molecule has 0 spiro atoms. The number of aliphatic carboxylic acids is 1. The van der Waals surface area contributed by atoms with Crippen molar-refractivity contribution in [3.63, 3.8) is 0 Å². The fourth-order valence-electron chi connectivity index (χ4n) is 5.53. The fraction of sp³-hybridized carbons (Fsp3) is 0.355. The average Bonchev–Trinajstić information content (AvgIpc) is 3.33. The molecule has 39 heavy (non-hydrogen) atoms. The maximum Gasteiger partial charge on any atom is 0.323 e. The van der Waals surface area contributed by atoms with E-state index in [1.165, 1.54) is 11.0 Å². The number of hydrogen-bond donors (Lipinski definition) is 1. The minimum atomic E-state index is -1.06. The van der Waals surface area contributed by atoms with E-state index in [-0.39, 0.29) is 36.0 Å². The molecule has 3 aromatic rings. The van der Waals surface area contributed by atoms with Crippen molar-refractivity contribution in [2.24, 2.45) is 0 Å². The molecule has 2 aliphatic rings. The third kappa shape index (κ3) is 6.19. The lowest BCUT2D eigenvalue weighted by Crippen LogP contribution is -2.36. The van der Waals surface area contributed by atoms with Gasteiger partial charge in [-0.2, -0.15) is 0 Å². The van der Waals surface area contributed by atoms with E-state index in [9.17, 15) is 19.1 Å². The molecule has 1 N–H and O–H groups in total. The number of benzene rings is 3. The summed E-state index contributed by atoms with van der Waals surface area (Å²) in [6.45, 7) is 5.83. The normalized spacial score (nSPS) is 18.6. The van der Waals surface area contributed by atoms with E-state index < -0.39 is 17.4 Å². The van der Waals surface area contributed by atoms with Crippen molar-refractivity contribution in [1.82, 2.24) is 4.90 Å². The number of halogens is 2. The predicted octanol–water partition coefficient (Wildman–Crippen LogP) is 5.78. The Kier molecular flexibility index (Phi) is 7.06. The first-order valence-electron chi connectivity index (χ1n) is 12.9. The van der Waals surface area contributed by atoms with Gasteiger partial charge in [-0.25, -0.2) is 4.39 Å². The Hall–Kier alpha value is -3.58. The summed E-state index contributed by atoms with van der Waals surface area (Å²) in [5, 5.41) is 9.56. The molecular weight excluding hydrogens is 521 g/mol. The van der Waals surface area contributed by atoms with Crippen LogP contribution in [0.3, 0.4) is 0 Å². The highest BCUT2D eigenvalue weighted by Gasteiger charge is 2.35. The Labute approximate surface area is 232 Å². The number of carbonyl (C=O) groups excluding carboxylic acids is 1. The van der Waals surface area contributed by atoms with Crippen LogP contribution < -0.4 is 9.47 Å². The van der Waals surface area contributed by atoms with Crippen molar-refractivity contribution >= 4 is 23.5 Å². The monoisotopic (exact) mass is 551 g/mol. The van der Waals surface area contributed by atoms with Crippen molar-refractivity contribution in [2.75, 3.05) is 6.54 Å². The summed E-state index contributed by atoms with van der Waals surface area (Å²) in [6.07, 6.45) is 1.92. The van der Waals surface area contributed by atoms with Gasteiger partial charge in [0.1, 0.15) is 35.1 Å². The lowest BCUT2D eigenvalue weighted by atomic mass is 9.91. The van der Waals surface area contributed by atoms with Crippen molar-refractivity contribution in [2.45, 2.75) is 64.2 Å². The summed E-state index contributed by atoms with van der Waals surface area (Å²) in [7, 11) is 0. The van der Waals surface area contributed by atoms with Crippen LogP contribution in [0.5, 0.6) is 11.5 Å². The molecule has 0 fully saturated rings. The number of rotatable bonds is 8. The zero-order chi connectivity index (χ0) is 27.9. The zero-order valence-electron chi connectivity index (χ0n) is 22.2. The maximum atomic E-state index is 13.9. The summed E-state index contributed by atoms with van der Waals surface area (Å²) in [6, 6.07) is 16.1. The molecule has 1 amide bonds. The van der Waals surface area contributed by atoms with Crippen LogP contribution in [0.25, 0.3) is 0 Å². The van der Waals surface area contributed by atoms with E-state index in [4.69, 9.17) is 21.1 Å². The second-order valence-corrected chi connectivity index (χ2v) is 11.8. The van der Waals surface area contributed by atoms with E-state index in [2.05, 4.69) is 0 Å². The standard InChI is InChI=1S/C31H31ClFNO5/c1-30(2)15-22-11-21(6-9-26(22)38-30)17-34(18-29(36)37)28(35)13-19-5-8-27-23(10-19)16-31(3,39-27)14-20-4-7-24(32)25(33)12-20/h4-12H,13-18H2,1-3H3,(H,36,37). The van der Waals surface area contributed by atoms with Gasteiger partial charge in [0.05, 0.1) is 11.4 Å². The number of carbonyl (C=O) groups is 2. The van der Waals surface area contributed by atoms with E-state index in [0.29, 0.717) is 12.8 Å². The minimum absolute atomic E-state index is 0.0702. The molecule has 6 nitrogen and oxygen atoms in total. The van der Waals surface area contributed by atoms with Gasteiger partial charge in [-0.1, -0.05) is 41.9 Å². The molecule has 1 atom stereocenters. The van der Waals surface area contributed by atoms with E-state index in [0.717, 1.165) is 45.7 Å². The number of amides is 1. The van der Waals surface area contributed by atoms with Crippen LogP contribution in [0.15, 0.2) is 54.6 Å². The molecule has 0 aromatic heterocycles. The molecule has 0 bridgehead atoms. The molecule has 0 saturated heterocycles. The Morgan fingerprint density at radius 3 is 2.28 bits per heavy atom. The quantitative estimate of drug-likeness (QED) is 0.384. The number of carboxylic acid groups (broad SMARTS) is 1. The van der Waals surface area contributed by atoms with Crippen LogP contribution >= 0.6 is 11.6 Å². The van der Waals surface area contributed by atoms with Crippen molar-refractivity contribution < 1.29 is 28.6 Å². The molecule has 2 heterocycles. The third-order valence-electron chi connectivity index (χ3n) is 7.14. The van der Waals surface area contributed by atoms with Crippen LogP contribution in [-0.2, 0) is 41.8 Å². The molecule has 204 valence electrons. The summed E-state index contributed by atoms with van der Waals surface area (Å²) in [5.41, 5.74) is 3.60. The molecule has 0 radical (unpaired) electrons. The van der Waals surface area contributed by atoms with Gasteiger partial charge in [-0.3, -0.25) is 9.59 Å². The predicted molar refractivity (Wildman–Crippen MR) is 146 cm³/mol. The third-order valence-corrected chi connectivity index (χ3v) is 7.45. The molecule has 0 aliphatic carbocycles. The Morgan fingerprint density at radius 1 is 0.923 bits per heavy atom. The van der Waals surface area contributed by atoms with Crippen LogP contribution in [-0.4, -0.2) is 39.6 Å². The average molecular weight is 552 g/mol. The smallest absolute Gasteiger partial charge is 0.323 e. The first-order valence-corrected chi connectivity index (χ1v) is 13.3. The van der Waals surface area contributed by atoms with Gasteiger partial charge in [0, 0.05) is 25.8 Å². The second-order valence-electron chi connectivity index (χ2n) is 11.4. The van der Waals surface area contributed by atoms with Gasteiger partial charge in [0.15, 0.2) is 0 Å². The van der Waals surface area contributed by atoms with Crippen molar-refractivity contribution in [3.8, 4) is 11.5 Å². The molecule has 2 aliphatic heterocycles. The van der Waals surface area contributed by atoms with Crippen LogP contribution in [0.1, 0.15) is 48.6 Å². The second kappa shape index (κ2) is 10.2. The van der Waals surface area contributed by atoms with Crippen LogP contribution in [0.2, 0.25) is 5.02 Å². The first-order chi connectivity index (χ1) is 18.4. The van der Waals surface area contributed by atoms with Crippen LogP contribution in [0.4, 0.5) is 4.39 Å². The fourth-order valence-corrected chi connectivity index (χ4v) is 5.65. The highest BCUT2D eigenvalue weighted by Crippen LogP contribution is 2.38. The Balaban J connectivity index is 1.27. The molecule has 1 unspecified atom stereocenters. The highest BCUT2D eigenvalue weighted by atomic mass is 35.5. The summed E-state index contributed by atoms with van der Waals surface area (Å²) >= 11 is 5.82. The van der Waals surface area contributed by atoms with Crippen molar-refractivity contribution in [3.05, 3.63) is 93.3 Å². The largest absolute Gasteiger partial charge is 0.487 e. The summed E-state index contributed by atoms with van der Waals surface area (Å²) in [4.78, 5) is 26.2. The van der Waals surface area contributed by atoms with Gasteiger partial charge < -0.3 is 19.5 Å². The molecular formula is C31H31ClFNO5. The molecule has 0 saturated carbocycles. The van der Waals surface area contributed by atoms with Gasteiger partial charge in [0.25, 0.3) is 0 Å². The highest BCUT2D eigenvalue weighted by molar-refractivity contribution is 6.30. The summed E-state index contributed by atoms with van der Waals surface area (Å²) < 4.78 is 26.1. The van der Waals surface area contributed by atoms with Gasteiger partial charge >= 0.3 is 5.97 Å². The number of ether oxygens (including phenoxy) is 2. The first kappa shape index (κ1) is 27.0. The Morgan fingerprint density at radius 2 is 1.56 bits per heavy atom. The lowest BCUT2D eigenvalue weighted by Gasteiger charge is -2.24. The number of hydrogen-bond acceptors (Lipinski definition) is 4. The van der Waals surface area contributed by atoms with Crippen molar-refractivity contribution in [1.29, 1.82) is 0 Å². The molecule has 8 heteroatoms. The van der Waals surface area contributed by atoms with Crippen LogP contribution in [0, 0.1) is 5.82 Å². The Bertz CT molecular complexity index is 1450. The molecule has 3 aromatic carbocycles. The topological polar surface area (TPSA) is 76.1 Å². The lowest BCUT2D eigenvalue weighted by molar-refractivity contribution is -0.144. The van der Waals surface area contributed by atoms with Gasteiger partial charge in [-0.05, 0) is 72.9 Å². The SMILES string of the molecule is CC1(C)Cc2cc(CN(CC(=O)O)C(=O)Cc3ccc4c(c3)CC(C)(Cc3ccc(Cl)c(F)c3)O4)ccc2O1. The number of carboxylic acids is 1. The number of nitrogens with zero attached hydrogens (tertiary/aromatic N) is 1. The number of fused-ring (bicyclic) bond motifs is 2. The maximum absolute atomic E-state index is 13.9. The zero-order valence-corrected chi connectivity index (χ0v) is 23.0. The molecule has 5 rings (SSSR count). The van der Waals surface area contributed by atoms with E-state index >= 15 is 0 Å². The summed E-state index contributed by atoms with van der Waals surface area (Å²) in [5.74, 6) is -0.238. The van der Waals surface area contributed by atoms with Gasteiger partial charge in [0.2, 0.25) is 5.91 Å². The van der Waals surface area contributed by atoms with Gasteiger partial charge in [-0.15, -0.1) is 0 Å². The van der Waals surface area contributed by atoms with E-state index in [1.807, 2.05) is 57.2 Å². The van der Waals surface area contributed by atoms with E-state index in [1.54, 1.807) is 12.1 Å².